The summed E-state index contributed by atoms with van der Waals surface area (Å²) in [7, 11) is 1.64. The highest BCUT2D eigenvalue weighted by Gasteiger charge is 2.27. The number of amides is 1. The number of rotatable bonds is 7. The molecule has 0 saturated heterocycles. The molecule has 1 aliphatic heterocycles. The minimum absolute atomic E-state index is 0.103. The van der Waals surface area contributed by atoms with Crippen LogP contribution in [0.25, 0.3) is 0 Å². The molecule has 142 valence electrons. The Morgan fingerprint density at radius 3 is 2.81 bits per heavy atom. The lowest BCUT2D eigenvalue weighted by Crippen LogP contribution is -2.36. The van der Waals surface area contributed by atoms with Crippen LogP contribution in [0.1, 0.15) is 36.5 Å². The van der Waals surface area contributed by atoms with Crippen molar-refractivity contribution in [1.29, 1.82) is 0 Å². The van der Waals surface area contributed by atoms with E-state index in [0.717, 1.165) is 22.6 Å². The third-order valence-corrected chi connectivity index (χ3v) is 4.78. The molecule has 0 N–H and O–H groups in total. The van der Waals surface area contributed by atoms with Crippen molar-refractivity contribution < 1.29 is 14.4 Å². The largest absolute Gasteiger partial charge is 0.497 e. The quantitative estimate of drug-likeness (QED) is 0.746. The fraction of sp³-hybridized carbons (Fsp3) is 0.364. The maximum absolute atomic E-state index is 12.5. The van der Waals surface area contributed by atoms with Gasteiger partial charge in [-0.05, 0) is 30.2 Å². The molecule has 0 aromatic heterocycles. The lowest BCUT2D eigenvalue weighted by molar-refractivity contribution is -0.133. The molecule has 1 atom stereocenters. The minimum Gasteiger partial charge on any atom is -0.497 e. The van der Waals surface area contributed by atoms with Gasteiger partial charge in [0.1, 0.15) is 5.75 Å². The van der Waals surface area contributed by atoms with E-state index in [9.17, 15) is 4.79 Å². The van der Waals surface area contributed by atoms with Crippen LogP contribution in [0.2, 0.25) is 0 Å². The molecule has 27 heavy (non-hydrogen) atoms. The maximum atomic E-state index is 12.5. The van der Waals surface area contributed by atoms with Crippen molar-refractivity contribution in [3.05, 3.63) is 65.2 Å². The second-order valence-electron chi connectivity index (χ2n) is 6.76. The van der Waals surface area contributed by atoms with Gasteiger partial charge in [0.15, 0.2) is 6.10 Å². The number of benzene rings is 2. The molecule has 1 aliphatic rings. The number of hydrogen-bond donors (Lipinski definition) is 0. The third-order valence-electron chi connectivity index (χ3n) is 4.78. The molecule has 5 heteroatoms. The van der Waals surface area contributed by atoms with Crippen molar-refractivity contribution in [2.45, 2.75) is 39.3 Å². The summed E-state index contributed by atoms with van der Waals surface area (Å²) in [4.78, 5) is 20.0. The number of hydrogen-bond acceptors (Lipinski definition) is 4. The highest BCUT2D eigenvalue weighted by atomic mass is 16.6. The van der Waals surface area contributed by atoms with Crippen molar-refractivity contribution in [2.24, 2.45) is 5.16 Å². The summed E-state index contributed by atoms with van der Waals surface area (Å²) >= 11 is 0. The SMILES string of the molecule is CCC(=O)N(Cc1cccc(OC)c1)CC1CC(c2ccccc2C)=NO1. The van der Waals surface area contributed by atoms with E-state index in [-0.39, 0.29) is 12.0 Å². The third kappa shape index (κ3) is 4.67. The van der Waals surface area contributed by atoms with E-state index in [4.69, 9.17) is 9.57 Å². The zero-order valence-electron chi connectivity index (χ0n) is 16.1. The van der Waals surface area contributed by atoms with E-state index in [0.29, 0.717) is 25.9 Å². The molecule has 2 aromatic carbocycles. The standard InChI is InChI=1S/C22H26N2O3/c1-4-22(25)24(14-17-9-7-10-18(12-17)26-3)15-19-13-21(23-27-19)20-11-6-5-8-16(20)2/h5-12,19H,4,13-15H2,1-3H3. The Hall–Kier alpha value is -2.82. The van der Waals surface area contributed by atoms with Gasteiger partial charge in [-0.1, -0.05) is 48.5 Å². The van der Waals surface area contributed by atoms with Crippen LogP contribution in [0, 0.1) is 6.92 Å². The average Bonchev–Trinajstić information content (AvgIpc) is 3.15. The summed E-state index contributed by atoms with van der Waals surface area (Å²) in [6.07, 6.45) is 1.04. The molecule has 0 bridgehead atoms. The van der Waals surface area contributed by atoms with E-state index >= 15 is 0 Å². The van der Waals surface area contributed by atoms with Gasteiger partial charge in [-0.2, -0.15) is 0 Å². The first-order valence-corrected chi connectivity index (χ1v) is 9.30. The second kappa shape index (κ2) is 8.71. The Morgan fingerprint density at radius 1 is 1.26 bits per heavy atom. The number of nitrogens with zero attached hydrogens (tertiary/aromatic N) is 2. The van der Waals surface area contributed by atoms with Gasteiger partial charge in [-0.3, -0.25) is 4.79 Å². The number of methoxy groups -OCH3 is 1. The smallest absolute Gasteiger partial charge is 0.222 e. The van der Waals surface area contributed by atoms with Crippen molar-refractivity contribution in [1.82, 2.24) is 4.90 Å². The van der Waals surface area contributed by atoms with Crippen molar-refractivity contribution >= 4 is 11.6 Å². The first-order valence-electron chi connectivity index (χ1n) is 9.30. The molecule has 0 radical (unpaired) electrons. The van der Waals surface area contributed by atoms with Crippen molar-refractivity contribution in [3.63, 3.8) is 0 Å². The van der Waals surface area contributed by atoms with Crippen LogP contribution in [0.3, 0.4) is 0 Å². The Labute approximate surface area is 160 Å². The first-order chi connectivity index (χ1) is 13.1. The van der Waals surface area contributed by atoms with Gasteiger partial charge >= 0.3 is 0 Å². The molecule has 1 heterocycles. The summed E-state index contributed by atoms with van der Waals surface area (Å²) in [6.45, 7) is 5.00. The van der Waals surface area contributed by atoms with E-state index in [1.165, 1.54) is 5.56 Å². The van der Waals surface area contributed by atoms with E-state index in [2.05, 4.69) is 24.2 Å². The van der Waals surface area contributed by atoms with Crippen LogP contribution in [0.5, 0.6) is 5.75 Å². The number of carbonyl (C=O) groups excluding carboxylic acids is 1. The number of oxime groups is 1. The number of ether oxygens (including phenoxy) is 1. The molecule has 0 aliphatic carbocycles. The lowest BCUT2D eigenvalue weighted by Gasteiger charge is -2.24. The van der Waals surface area contributed by atoms with E-state index in [1.807, 2.05) is 48.2 Å². The summed E-state index contributed by atoms with van der Waals surface area (Å²) in [5.41, 5.74) is 4.28. The van der Waals surface area contributed by atoms with E-state index < -0.39 is 0 Å². The van der Waals surface area contributed by atoms with Crippen molar-refractivity contribution in [2.75, 3.05) is 13.7 Å². The molecule has 1 unspecified atom stereocenters. The minimum atomic E-state index is -0.124. The summed E-state index contributed by atoms with van der Waals surface area (Å²) in [6, 6.07) is 16.0. The fourth-order valence-corrected chi connectivity index (χ4v) is 3.30. The molecule has 3 rings (SSSR count). The zero-order chi connectivity index (χ0) is 19.2. The van der Waals surface area contributed by atoms with Gasteiger partial charge in [0.2, 0.25) is 5.91 Å². The molecular formula is C22H26N2O3. The summed E-state index contributed by atoms with van der Waals surface area (Å²) in [5.74, 6) is 0.893. The van der Waals surface area contributed by atoms with Crippen LogP contribution in [-0.2, 0) is 16.2 Å². The van der Waals surface area contributed by atoms with Crippen LogP contribution in [-0.4, -0.2) is 36.3 Å². The van der Waals surface area contributed by atoms with Gasteiger partial charge < -0.3 is 14.5 Å². The van der Waals surface area contributed by atoms with Gasteiger partial charge in [0.25, 0.3) is 0 Å². The van der Waals surface area contributed by atoms with Gasteiger partial charge in [-0.25, -0.2) is 0 Å². The molecule has 0 fully saturated rings. The summed E-state index contributed by atoms with van der Waals surface area (Å²) in [5, 5.41) is 4.28. The zero-order valence-corrected chi connectivity index (χ0v) is 16.1. The number of carbonyl (C=O) groups is 1. The number of aryl methyl sites for hydroxylation is 1. The molecule has 0 spiro atoms. The van der Waals surface area contributed by atoms with Crippen LogP contribution in [0.4, 0.5) is 0 Å². The predicted octanol–water partition coefficient (Wildman–Crippen LogP) is 3.94. The highest BCUT2D eigenvalue weighted by molar-refractivity contribution is 6.02. The lowest BCUT2D eigenvalue weighted by atomic mass is 10.00. The Morgan fingerprint density at radius 2 is 2.07 bits per heavy atom. The fourth-order valence-electron chi connectivity index (χ4n) is 3.30. The maximum Gasteiger partial charge on any atom is 0.222 e. The highest BCUT2D eigenvalue weighted by Crippen LogP contribution is 2.21. The van der Waals surface area contributed by atoms with E-state index in [1.54, 1.807) is 7.11 Å². The molecular weight excluding hydrogens is 340 g/mol. The van der Waals surface area contributed by atoms with Crippen LogP contribution >= 0.6 is 0 Å². The van der Waals surface area contributed by atoms with Gasteiger partial charge in [-0.15, -0.1) is 0 Å². The Balaban J connectivity index is 1.67. The monoisotopic (exact) mass is 366 g/mol. The Kier molecular flexibility index (Phi) is 6.12. The normalized spacial score (nSPS) is 15.8. The molecule has 2 aromatic rings. The van der Waals surface area contributed by atoms with Crippen LogP contribution < -0.4 is 4.74 Å². The second-order valence-corrected chi connectivity index (χ2v) is 6.76. The molecule has 5 nitrogen and oxygen atoms in total. The predicted molar refractivity (Wildman–Crippen MR) is 106 cm³/mol. The average molecular weight is 366 g/mol. The van der Waals surface area contributed by atoms with Crippen LogP contribution in [0.15, 0.2) is 53.7 Å². The first kappa shape index (κ1) is 19.0. The van der Waals surface area contributed by atoms with Crippen molar-refractivity contribution in [3.8, 4) is 5.75 Å². The topological polar surface area (TPSA) is 51.1 Å². The summed E-state index contributed by atoms with van der Waals surface area (Å²) < 4.78 is 5.28. The molecule has 1 amide bonds. The Bertz CT molecular complexity index is 832. The van der Waals surface area contributed by atoms with Gasteiger partial charge in [0, 0.05) is 24.9 Å². The van der Waals surface area contributed by atoms with Gasteiger partial charge in [0.05, 0.1) is 19.4 Å². The molecule has 0 saturated carbocycles.